The molecule has 7 nitrogen and oxygen atoms in total. The Morgan fingerprint density at radius 3 is 2.07 bits per heavy atom. The molecule has 0 saturated heterocycles. The second kappa shape index (κ2) is 14.8. The van der Waals surface area contributed by atoms with Crippen molar-refractivity contribution in [3.8, 4) is 0 Å². The first-order valence-electron chi connectivity index (χ1n) is 13.5. The predicted octanol–water partition coefficient (Wildman–Crippen LogP) is 6.62. The number of likely N-dealkylation sites (N-methyl/N-ethyl adjacent to an activating group) is 1. The van der Waals surface area contributed by atoms with Crippen LogP contribution in [0.2, 0.25) is 15.1 Å². The SMILES string of the molecule is CCNC(=O)[C@H](Cc1ccccc1)N(Cc1cccc(Cl)c1)C(=O)CN(c1cc(Cl)ccc1Cl)S(=O)(=O)c1ccccc1. The van der Waals surface area contributed by atoms with Crippen LogP contribution in [0.15, 0.2) is 108 Å². The van der Waals surface area contributed by atoms with Crippen molar-refractivity contribution < 1.29 is 18.0 Å². The summed E-state index contributed by atoms with van der Waals surface area (Å²) < 4.78 is 29.0. The Labute approximate surface area is 267 Å². The van der Waals surface area contributed by atoms with Gasteiger partial charge in [-0.2, -0.15) is 0 Å². The number of nitrogens with one attached hydrogen (secondary N) is 1. The zero-order valence-electron chi connectivity index (χ0n) is 23.3. The van der Waals surface area contributed by atoms with Crippen LogP contribution in [0, 0.1) is 0 Å². The molecule has 0 fully saturated rings. The number of rotatable bonds is 12. The van der Waals surface area contributed by atoms with Gasteiger partial charge in [-0.05, 0) is 60.5 Å². The van der Waals surface area contributed by atoms with E-state index in [-0.39, 0.29) is 39.5 Å². The van der Waals surface area contributed by atoms with Crippen LogP contribution in [0.3, 0.4) is 0 Å². The van der Waals surface area contributed by atoms with Crippen LogP contribution in [0.25, 0.3) is 0 Å². The average molecular weight is 659 g/mol. The van der Waals surface area contributed by atoms with Gasteiger partial charge in [0.25, 0.3) is 10.0 Å². The van der Waals surface area contributed by atoms with Crippen LogP contribution in [-0.4, -0.2) is 44.3 Å². The third kappa shape index (κ3) is 8.30. The van der Waals surface area contributed by atoms with Crippen LogP contribution in [0.1, 0.15) is 18.1 Å². The zero-order chi connectivity index (χ0) is 31.0. The van der Waals surface area contributed by atoms with Crippen molar-refractivity contribution in [2.75, 3.05) is 17.4 Å². The summed E-state index contributed by atoms with van der Waals surface area (Å²) >= 11 is 19.0. The van der Waals surface area contributed by atoms with Gasteiger partial charge < -0.3 is 10.2 Å². The van der Waals surface area contributed by atoms with Gasteiger partial charge in [-0.1, -0.05) is 95.5 Å². The molecule has 0 aliphatic carbocycles. The minimum absolute atomic E-state index is 0.00344. The van der Waals surface area contributed by atoms with Gasteiger partial charge >= 0.3 is 0 Å². The average Bonchev–Trinajstić information content (AvgIpc) is 3.00. The van der Waals surface area contributed by atoms with Crippen molar-refractivity contribution in [1.29, 1.82) is 0 Å². The molecule has 0 radical (unpaired) electrons. The van der Waals surface area contributed by atoms with Gasteiger partial charge in [-0.15, -0.1) is 0 Å². The highest BCUT2D eigenvalue weighted by Gasteiger charge is 2.35. The van der Waals surface area contributed by atoms with Crippen molar-refractivity contribution in [1.82, 2.24) is 10.2 Å². The quantitative estimate of drug-likeness (QED) is 0.185. The zero-order valence-corrected chi connectivity index (χ0v) is 26.4. The van der Waals surface area contributed by atoms with E-state index in [9.17, 15) is 18.0 Å². The molecule has 2 amide bonds. The Balaban J connectivity index is 1.82. The van der Waals surface area contributed by atoms with Gasteiger partial charge in [0.2, 0.25) is 11.8 Å². The molecule has 1 N–H and O–H groups in total. The lowest BCUT2D eigenvalue weighted by Gasteiger charge is -2.34. The highest BCUT2D eigenvalue weighted by molar-refractivity contribution is 7.92. The molecular weight excluding hydrogens is 629 g/mol. The first kappa shape index (κ1) is 32.4. The lowest BCUT2D eigenvalue weighted by atomic mass is 10.0. The lowest BCUT2D eigenvalue weighted by Crippen LogP contribution is -2.53. The summed E-state index contributed by atoms with van der Waals surface area (Å²) in [5, 5.41) is 3.61. The first-order chi connectivity index (χ1) is 20.6. The maximum atomic E-state index is 14.4. The smallest absolute Gasteiger partial charge is 0.264 e. The lowest BCUT2D eigenvalue weighted by molar-refractivity contribution is -0.140. The van der Waals surface area contributed by atoms with E-state index in [0.717, 1.165) is 9.87 Å². The maximum absolute atomic E-state index is 14.4. The fraction of sp³-hybridized carbons (Fsp3) is 0.188. The number of amides is 2. The van der Waals surface area contributed by atoms with Gasteiger partial charge in [-0.25, -0.2) is 8.42 Å². The summed E-state index contributed by atoms with van der Waals surface area (Å²) in [4.78, 5) is 29.2. The second-order valence-electron chi connectivity index (χ2n) is 9.67. The Morgan fingerprint density at radius 1 is 0.791 bits per heavy atom. The van der Waals surface area contributed by atoms with Crippen molar-refractivity contribution in [2.24, 2.45) is 0 Å². The number of benzene rings is 4. The van der Waals surface area contributed by atoms with E-state index >= 15 is 0 Å². The number of hydrogen-bond donors (Lipinski definition) is 1. The van der Waals surface area contributed by atoms with Crippen molar-refractivity contribution >= 4 is 62.3 Å². The summed E-state index contributed by atoms with van der Waals surface area (Å²) in [6.07, 6.45) is 0.197. The minimum atomic E-state index is -4.30. The van der Waals surface area contributed by atoms with Gasteiger partial charge in [0.15, 0.2) is 0 Å². The minimum Gasteiger partial charge on any atom is -0.355 e. The molecule has 0 unspecified atom stereocenters. The molecule has 0 aliphatic rings. The Kier molecular flexibility index (Phi) is 11.1. The molecule has 4 aromatic carbocycles. The fourth-order valence-electron chi connectivity index (χ4n) is 4.59. The van der Waals surface area contributed by atoms with E-state index in [1.54, 1.807) is 49.4 Å². The molecule has 224 valence electrons. The predicted molar refractivity (Wildman–Crippen MR) is 172 cm³/mol. The largest absolute Gasteiger partial charge is 0.355 e. The number of nitrogens with zero attached hydrogens (tertiary/aromatic N) is 2. The van der Waals surface area contributed by atoms with Crippen LogP contribution in [0.5, 0.6) is 0 Å². The number of carbonyl (C=O) groups excluding carboxylic acids is 2. The molecule has 0 saturated carbocycles. The highest BCUT2D eigenvalue weighted by Crippen LogP contribution is 2.33. The molecule has 0 heterocycles. The second-order valence-corrected chi connectivity index (χ2v) is 12.8. The van der Waals surface area contributed by atoms with E-state index in [4.69, 9.17) is 34.8 Å². The third-order valence-electron chi connectivity index (χ3n) is 6.65. The van der Waals surface area contributed by atoms with Crippen molar-refractivity contribution in [3.05, 3.63) is 129 Å². The van der Waals surface area contributed by atoms with Crippen molar-refractivity contribution in [3.63, 3.8) is 0 Å². The molecule has 0 bridgehead atoms. The first-order valence-corrected chi connectivity index (χ1v) is 16.1. The Hall–Kier alpha value is -3.56. The van der Waals surface area contributed by atoms with E-state index < -0.39 is 28.5 Å². The van der Waals surface area contributed by atoms with E-state index in [2.05, 4.69) is 5.32 Å². The monoisotopic (exact) mass is 657 g/mol. The molecule has 0 aromatic heterocycles. The molecule has 0 spiro atoms. The summed E-state index contributed by atoms with van der Waals surface area (Å²) in [6.45, 7) is 1.48. The molecule has 11 heteroatoms. The number of sulfonamides is 1. The Morgan fingerprint density at radius 2 is 1.42 bits per heavy atom. The van der Waals surface area contributed by atoms with E-state index in [1.807, 2.05) is 30.3 Å². The molecule has 4 aromatic rings. The van der Waals surface area contributed by atoms with Gasteiger partial charge in [0.1, 0.15) is 12.6 Å². The van der Waals surface area contributed by atoms with Crippen LogP contribution >= 0.6 is 34.8 Å². The number of hydrogen-bond acceptors (Lipinski definition) is 4. The number of anilines is 1. The fourth-order valence-corrected chi connectivity index (χ4v) is 6.68. The summed E-state index contributed by atoms with van der Waals surface area (Å²) in [5.41, 5.74) is 1.53. The Bertz CT molecular complexity index is 1670. The molecule has 0 aliphatic heterocycles. The third-order valence-corrected chi connectivity index (χ3v) is 9.21. The highest BCUT2D eigenvalue weighted by atomic mass is 35.5. The topological polar surface area (TPSA) is 86.8 Å². The van der Waals surface area contributed by atoms with Crippen LogP contribution < -0.4 is 9.62 Å². The summed E-state index contributed by atoms with van der Waals surface area (Å²) in [5.74, 6) is -0.998. The maximum Gasteiger partial charge on any atom is 0.264 e. The van der Waals surface area contributed by atoms with E-state index in [1.165, 1.54) is 35.2 Å². The number of carbonyl (C=O) groups is 2. The van der Waals surface area contributed by atoms with Gasteiger partial charge in [-0.3, -0.25) is 13.9 Å². The standard InChI is InChI=1S/C32H30Cl3N3O4S/c1-2-36-32(40)30(19-23-10-5-3-6-11-23)37(21-24-12-9-13-25(33)18-24)31(39)22-38(29-20-26(34)16-17-28(29)35)43(41,42)27-14-7-4-8-15-27/h3-18,20,30H,2,19,21-22H2,1H3,(H,36,40)/t30-/m0/s1. The van der Waals surface area contributed by atoms with Crippen LogP contribution in [-0.2, 0) is 32.6 Å². The number of halogens is 3. The van der Waals surface area contributed by atoms with E-state index in [0.29, 0.717) is 17.1 Å². The molecular formula is C32H30Cl3N3O4S. The summed E-state index contributed by atoms with van der Waals surface area (Å²) in [7, 11) is -4.30. The van der Waals surface area contributed by atoms with Crippen molar-refractivity contribution in [2.45, 2.75) is 30.8 Å². The molecule has 1 atom stereocenters. The normalized spacial score (nSPS) is 11.9. The molecule has 4 rings (SSSR count). The van der Waals surface area contributed by atoms with Gasteiger partial charge in [0, 0.05) is 29.6 Å². The summed E-state index contributed by atoms with van der Waals surface area (Å²) in [6, 6.07) is 27.4. The molecule has 43 heavy (non-hydrogen) atoms. The van der Waals surface area contributed by atoms with Gasteiger partial charge in [0.05, 0.1) is 15.6 Å². The van der Waals surface area contributed by atoms with Crippen LogP contribution in [0.4, 0.5) is 5.69 Å².